The Morgan fingerprint density at radius 3 is 1.94 bits per heavy atom. The number of nitro groups is 1. The number of anilines is 1. The number of halogens is 1. The molecule has 2 aliphatic rings. The number of nitrogens with one attached hydrogen (secondary N) is 1. The number of carbonyl (C=O) groups is 2. The Balaban J connectivity index is 0.00000523. The van der Waals surface area contributed by atoms with Gasteiger partial charge in [0.2, 0.25) is 0 Å². The Morgan fingerprint density at radius 2 is 1.38 bits per heavy atom. The van der Waals surface area contributed by atoms with Crippen LogP contribution in [-0.2, 0) is 25.5 Å². The van der Waals surface area contributed by atoms with Crippen LogP contribution in [0.5, 0.6) is 0 Å². The fourth-order valence-corrected chi connectivity index (χ4v) is 7.13. The van der Waals surface area contributed by atoms with E-state index >= 15 is 0 Å². The first-order valence-corrected chi connectivity index (χ1v) is 17.1. The summed E-state index contributed by atoms with van der Waals surface area (Å²) in [5, 5.41) is 14.7. The van der Waals surface area contributed by atoms with Gasteiger partial charge in [-0.3, -0.25) is 15.0 Å². The number of benzene rings is 4. The van der Waals surface area contributed by atoms with E-state index < -0.39 is 22.8 Å². The van der Waals surface area contributed by atoms with E-state index in [1.54, 1.807) is 19.9 Å². The number of carbonyl (C=O) groups excluding carboxylic acids is 2. The van der Waals surface area contributed by atoms with Crippen LogP contribution in [0.4, 0.5) is 11.4 Å². The van der Waals surface area contributed by atoms with E-state index in [1.807, 2.05) is 0 Å². The number of piperazine rings is 1. The van der Waals surface area contributed by atoms with Gasteiger partial charge in [-0.1, -0.05) is 84.9 Å². The van der Waals surface area contributed by atoms with Crippen LogP contribution in [0.3, 0.4) is 0 Å². The number of methoxy groups -OCH3 is 1. The Hall–Kier alpha value is -5.45. The molecule has 0 bridgehead atoms. The van der Waals surface area contributed by atoms with E-state index in [0.29, 0.717) is 23.4 Å². The third kappa shape index (κ3) is 8.36. The molecule has 52 heavy (non-hydrogen) atoms. The molecule has 2 aliphatic heterocycles. The molecule has 0 amide bonds. The van der Waals surface area contributed by atoms with Crippen molar-refractivity contribution in [2.75, 3.05) is 44.8 Å². The highest BCUT2D eigenvalue weighted by Crippen LogP contribution is 2.40. The molecule has 1 saturated heterocycles. The van der Waals surface area contributed by atoms with Crippen molar-refractivity contribution in [1.29, 1.82) is 0 Å². The molecule has 1 N–H and O–H groups in total. The molecule has 2 heterocycles. The number of dihydropyridines is 1. The van der Waals surface area contributed by atoms with E-state index in [0.717, 1.165) is 37.4 Å². The number of hydrogen-bond donors (Lipinski definition) is 1. The van der Waals surface area contributed by atoms with Crippen molar-refractivity contribution in [1.82, 2.24) is 10.2 Å². The van der Waals surface area contributed by atoms with Gasteiger partial charge in [0.15, 0.2) is 0 Å². The molecule has 4 aromatic rings. The molecule has 4 aromatic carbocycles. The zero-order valence-electron chi connectivity index (χ0n) is 29.5. The Kier molecular flexibility index (Phi) is 12.5. The van der Waals surface area contributed by atoms with Crippen molar-refractivity contribution in [3.05, 3.63) is 164 Å². The van der Waals surface area contributed by atoms with Crippen molar-refractivity contribution in [3.8, 4) is 0 Å². The summed E-state index contributed by atoms with van der Waals surface area (Å²) in [5.41, 5.74) is 6.44. The lowest BCUT2D eigenvalue weighted by atomic mass is 9.80. The molecule has 1 fully saturated rings. The molecular formula is C41H43ClN4O6. The number of nitro benzene ring substituents is 1. The van der Waals surface area contributed by atoms with Crippen LogP contribution in [0.15, 0.2) is 132 Å². The third-order valence-corrected chi connectivity index (χ3v) is 9.64. The fourth-order valence-electron chi connectivity index (χ4n) is 7.13. The summed E-state index contributed by atoms with van der Waals surface area (Å²) in [7, 11) is 1.26. The lowest BCUT2D eigenvalue weighted by Crippen LogP contribution is -2.48. The van der Waals surface area contributed by atoms with Gasteiger partial charge < -0.3 is 19.7 Å². The summed E-state index contributed by atoms with van der Waals surface area (Å²) in [6, 6.07) is 35.8. The van der Waals surface area contributed by atoms with Gasteiger partial charge in [-0.2, -0.15) is 0 Å². The van der Waals surface area contributed by atoms with Crippen LogP contribution in [0.1, 0.15) is 48.1 Å². The van der Waals surface area contributed by atoms with E-state index in [4.69, 9.17) is 9.47 Å². The summed E-state index contributed by atoms with van der Waals surface area (Å²) in [5.74, 6) is -2.14. The predicted octanol–water partition coefficient (Wildman–Crippen LogP) is 7.12. The summed E-state index contributed by atoms with van der Waals surface area (Å²) >= 11 is 0. The molecule has 270 valence electrons. The van der Waals surface area contributed by atoms with Gasteiger partial charge in [0.05, 0.1) is 41.7 Å². The minimum atomic E-state index is -0.901. The molecule has 11 heteroatoms. The molecule has 0 radical (unpaired) electrons. The number of ether oxygens (including phenoxy) is 2. The van der Waals surface area contributed by atoms with Crippen LogP contribution in [0, 0.1) is 10.1 Å². The van der Waals surface area contributed by atoms with Crippen LogP contribution in [0.25, 0.3) is 0 Å². The molecule has 0 spiro atoms. The molecule has 0 saturated carbocycles. The predicted molar refractivity (Wildman–Crippen MR) is 203 cm³/mol. The van der Waals surface area contributed by atoms with E-state index in [-0.39, 0.29) is 41.9 Å². The van der Waals surface area contributed by atoms with Gasteiger partial charge >= 0.3 is 11.9 Å². The second-order valence-electron chi connectivity index (χ2n) is 12.8. The van der Waals surface area contributed by atoms with Crippen LogP contribution < -0.4 is 10.2 Å². The lowest BCUT2D eigenvalue weighted by molar-refractivity contribution is -0.384. The highest BCUT2D eigenvalue weighted by Gasteiger charge is 2.38. The Bertz CT molecular complexity index is 1900. The van der Waals surface area contributed by atoms with Gasteiger partial charge in [0.25, 0.3) is 5.69 Å². The second-order valence-corrected chi connectivity index (χ2v) is 12.8. The zero-order valence-corrected chi connectivity index (χ0v) is 30.3. The summed E-state index contributed by atoms with van der Waals surface area (Å²) in [6.07, 6.45) is 0.496. The Labute approximate surface area is 310 Å². The highest BCUT2D eigenvalue weighted by atomic mass is 35.5. The van der Waals surface area contributed by atoms with Crippen molar-refractivity contribution >= 4 is 35.7 Å². The maximum Gasteiger partial charge on any atom is 0.336 e. The largest absolute Gasteiger partial charge is 0.466 e. The first kappa shape index (κ1) is 37.8. The number of rotatable bonds is 11. The normalized spacial score (nSPS) is 16.2. The van der Waals surface area contributed by atoms with Gasteiger partial charge in [0.1, 0.15) is 0 Å². The van der Waals surface area contributed by atoms with Gasteiger partial charge in [-0.25, -0.2) is 9.59 Å². The SMILES string of the molecule is COC(=O)C1=C(C)NC(C)=C(C(=O)OCCc2ccc(N3CCN(C(c4ccccc4)c4ccccc4)CC3)cc2)[C@H]1c1cccc([N+](=O)[O-])c1.Cl. The second kappa shape index (κ2) is 17.2. The summed E-state index contributed by atoms with van der Waals surface area (Å²) in [6.45, 7) is 7.22. The minimum absolute atomic E-state index is 0. The molecular weight excluding hydrogens is 680 g/mol. The standard InChI is InChI=1S/C41H42N4O6.ClH/c1-28-36(40(46)50-3)38(33-15-10-16-35(27-33)45(48)49)37(29(2)42-28)41(47)51-26-21-30-17-19-34(20-18-30)43-22-24-44(25-23-43)39(31-11-6-4-7-12-31)32-13-8-5-9-14-32;/h4-20,27,38-39,42H,21-26H2,1-3H3;1H/t38-;/m0./s1. The molecule has 10 nitrogen and oxygen atoms in total. The van der Waals surface area contributed by atoms with Crippen molar-refractivity contribution in [3.63, 3.8) is 0 Å². The van der Waals surface area contributed by atoms with E-state index in [1.165, 1.54) is 36.4 Å². The quantitative estimate of drug-likeness (QED) is 0.0982. The third-order valence-electron chi connectivity index (χ3n) is 9.64. The highest BCUT2D eigenvalue weighted by molar-refractivity contribution is 6.00. The van der Waals surface area contributed by atoms with Crippen molar-refractivity contribution in [2.24, 2.45) is 0 Å². The molecule has 6 rings (SSSR count). The van der Waals surface area contributed by atoms with Crippen molar-refractivity contribution < 1.29 is 24.0 Å². The molecule has 1 atom stereocenters. The van der Waals surface area contributed by atoms with Gasteiger partial charge in [0, 0.05) is 61.8 Å². The van der Waals surface area contributed by atoms with Crippen molar-refractivity contribution in [2.45, 2.75) is 32.2 Å². The van der Waals surface area contributed by atoms with E-state index in [2.05, 4.69) is 100 Å². The van der Waals surface area contributed by atoms with E-state index in [9.17, 15) is 19.7 Å². The monoisotopic (exact) mass is 722 g/mol. The maximum absolute atomic E-state index is 13.6. The number of hydrogen-bond acceptors (Lipinski definition) is 9. The Morgan fingerprint density at radius 1 is 0.808 bits per heavy atom. The first-order chi connectivity index (χ1) is 24.7. The smallest absolute Gasteiger partial charge is 0.336 e. The number of allylic oxidation sites excluding steroid dienone is 2. The first-order valence-electron chi connectivity index (χ1n) is 17.1. The maximum atomic E-state index is 13.6. The minimum Gasteiger partial charge on any atom is -0.466 e. The molecule has 0 aromatic heterocycles. The number of nitrogens with zero attached hydrogens (tertiary/aromatic N) is 3. The van der Waals surface area contributed by atoms with Crippen LogP contribution in [-0.4, -0.2) is 61.7 Å². The fraction of sp³-hybridized carbons (Fsp3) is 0.268. The number of esters is 2. The van der Waals surface area contributed by atoms with Gasteiger partial charge in [-0.05, 0) is 48.2 Å². The molecule has 0 aliphatic carbocycles. The molecule has 0 unspecified atom stereocenters. The summed E-state index contributed by atoms with van der Waals surface area (Å²) in [4.78, 5) is 42.6. The van der Waals surface area contributed by atoms with Crippen LogP contribution in [0.2, 0.25) is 0 Å². The lowest BCUT2D eigenvalue weighted by Gasteiger charge is -2.40. The zero-order chi connectivity index (χ0) is 35.9. The van der Waals surface area contributed by atoms with Gasteiger partial charge in [-0.15, -0.1) is 12.4 Å². The number of non-ortho nitro benzene ring substituents is 1. The average molecular weight is 723 g/mol. The average Bonchev–Trinajstić information content (AvgIpc) is 3.16. The van der Waals surface area contributed by atoms with Crippen LogP contribution >= 0.6 is 12.4 Å². The summed E-state index contributed by atoms with van der Waals surface area (Å²) < 4.78 is 10.8. The topological polar surface area (TPSA) is 114 Å².